The Bertz CT molecular complexity index is 520. The number of amides is 1. The van der Waals surface area contributed by atoms with Gasteiger partial charge >= 0.3 is 0 Å². The lowest BCUT2D eigenvalue weighted by Crippen LogP contribution is -2.37. The number of hydrogen-bond acceptors (Lipinski definition) is 4. The maximum Gasteiger partial charge on any atom is 0.223 e. The van der Waals surface area contributed by atoms with Crippen LogP contribution in [0.1, 0.15) is 36.7 Å². The number of aryl methyl sites for hydroxylation is 1. The summed E-state index contributed by atoms with van der Waals surface area (Å²) in [6, 6.07) is 0. The minimum Gasteiger partial charge on any atom is -0.390 e. The highest BCUT2D eigenvalue weighted by Crippen LogP contribution is 2.25. The van der Waals surface area contributed by atoms with Crippen molar-refractivity contribution < 1.29 is 14.6 Å². The molecule has 1 atom stereocenters. The van der Waals surface area contributed by atoms with Crippen LogP contribution in [0.4, 0.5) is 0 Å². The third-order valence-electron chi connectivity index (χ3n) is 4.51. The molecule has 1 N–H and O–H groups in total. The Labute approximate surface area is 124 Å². The Kier molecular flexibility index (Phi) is 4.26. The molecule has 0 spiro atoms. The predicted octanol–water partition coefficient (Wildman–Crippen LogP) is 0.707. The van der Waals surface area contributed by atoms with E-state index in [1.807, 2.05) is 16.5 Å². The lowest BCUT2D eigenvalue weighted by molar-refractivity contribution is -0.133. The Morgan fingerprint density at radius 3 is 3.05 bits per heavy atom. The summed E-state index contributed by atoms with van der Waals surface area (Å²) >= 11 is 0. The van der Waals surface area contributed by atoms with Gasteiger partial charge in [0.15, 0.2) is 0 Å². The number of ether oxygens (including phenoxy) is 1. The van der Waals surface area contributed by atoms with Crippen LogP contribution < -0.4 is 0 Å². The zero-order valence-corrected chi connectivity index (χ0v) is 12.5. The molecule has 0 bridgehead atoms. The normalized spacial score (nSPS) is 21.6. The van der Waals surface area contributed by atoms with Gasteiger partial charge in [-0.3, -0.25) is 9.48 Å². The van der Waals surface area contributed by atoms with Crippen LogP contribution in [0.3, 0.4) is 0 Å². The van der Waals surface area contributed by atoms with E-state index in [9.17, 15) is 9.90 Å². The quantitative estimate of drug-likeness (QED) is 0.887. The van der Waals surface area contributed by atoms with Crippen molar-refractivity contribution in [2.75, 3.05) is 19.8 Å². The lowest BCUT2D eigenvalue weighted by Gasteiger charge is -2.28. The maximum absolute atomic E-state index is 12.4. The van der Waals surface area contributed by atoms with Gasteiger partial charge in [0.25, 0.3) is 0 Å². The van der Waals surface area contributed by atoms with Crippen molar-refractivity contribution in [1.82, 2.24) is 14.7 Å². The minimum absolute atomic E-state index is 0.0617. The van der Waals surface area contributed by atoms with Crippen molar-refractivity contribution in [2.45, 2.75) is 45.9 Å². The molecule has 21 heavy (non-hydrogen) atoms. The first-order chi connectivity index (χ1) is 10.2. The fourth-order valence-electron chi connectivity index (χ4n) is 3.28. The summed E-state index contributed by atoms with van der Waals surface area (Å²) in [7, 11) is 0. The van der Waals surface area contributed by atoms with E-state index in [0.29, 0.717) is 31.2 Å². The SMILES string of the molecule is CCn1nc(CO)c2c1CCN(C(=O)CC1CCOC1)C2. The molecular weight excluding hydrogens is 270 g/mol. The number of aromatic nitrogens is 2. The highest BCUT2D eigenvalue weighted by molar-refractivity contribution is 5.76. The number of nitrogens with zero attached hydrogens (tertiary/aromatic N) is 3. The van der Waals surface area contributed by atoms with E-state index in [-0.39, 0.29) is 12.5 Å². The Balaban J connectivity index is 1.71. The molecule has 6 nitrogen and oxygen atoms in total. The van der Waals surface area contributed by atoms with E-state index >= 15 is 0 Å². The van der Waals surface area contributed by atoms with Crippen LogP contribution in [0, 0.1) is 5.92 Å². The average Bonchev–Trinajstić information content (AvgIpc) is 3.13. The van der Waals surface area contributed by atoms with Crippen molar-refractivity contribution in [3.05, 3.63) is 17.0 Å². The van der Waals surface area contributed by atoms with Crippen LogP contribution in [0.25, 0.3) is 0 Å². The van der Waals surface area contributed by atoms with Crippen LogP contribution in [0.5, 0.6) is 0 Å². The summed E-state index contributed by atoms with van der Waals surface area (Å²) in [6.07, 6.45) is 2.38. The second kappa shape index (κ2) is 6.15. The maximum atomic E-state index is 12.4. The molecule has 1 fully saturated rings. The highest BCUT2D eigenvalue weighted by atomic mass is 16.5. The first kappa shape index (κ1) is 14.5. The molecule has 3 heterocycles. The molecule has 0 aromatic carbocycles. The largest absolute Gasteiger partial charge is 0.390 e. The molecule has 6 heteroatoms. The first-order valence-electron chi connectivity index (χ1n) is 7.76. The standard InChI is InChI=1S/C15H23N3O3/c1-2-18-14-3-5-17(8-12(14)13(9-19)16-18)15(20)7-11-4-6-21-10-11/h11,19H,2-10H2,1H3. The van der Waals surface area contributed by atoms with Crippen LogP contribution in [0.2, 0.25) is 0 Å². The van der Waals surface area contributed by atoms with E-state index in [4.69, 9.17) is 4.74 Å². The monoisotopic (exact) mass is 293 g/mol. The molecule has 1 aromatic rings. The predicted molar refractivity (Wildman–Crippen MR) is 76.5 cm³/mol. The topological polar surface area (TPSA) is 67.6 Å². The van der Waals surface area contributed by atoms with E-state index in [1.165, 1.54) is 5.69 Å². The van der Waals surface area contributed by atoms with E-state index in [0.717, 1.165) is 38.1 Å². The summed E-state index contributed by atoms with van der Waals surface area (Å²) in [4.78, 5) is 14.3. The Morgan fingerprint density at radius 2 is 2.38 bits per heavy atom. The summed E-state index contributed by atoms with van der Waals surface area (Å²) in [6.45, 7) is 5.60. The van der Waals surface area contributed by atoms with Gasteiger partial charge in [-0.2, -0.15) is 5.10 Å². The summed E-state index contributed by atoms with van der Waals surface area (Å²) in [5.41, 5.74) is 2.94. The van der Waals surface area contributed by atoms with E-state index in [1.54, 1.807) is 0 Å². The van der Waals surface area contributed by atoms with Crippen LogP contribution in [0.15, 0.2) is 0 Å². The molecule has 0 saturated carbocycles. The van der Waals surface area contributed by atoms with Gasteiger partial charge in [0.05, 0.1) is 12.3 Å². The summed E-state index contributed by atoms with van der Waals surface area (Å²) < 4.78 is 7.29. The van der Waals surface area contributed by atoms with Gasteiger partial charge in [0.1, 0.15) is 0 Å². The molecular formula is C15H23N3O3. The number of carbonyl (C=O) groups is 1. The second-order valence-corrected chi connectivity index (χ2v) is 5.84. The molecule has 1 unspecified atom stereocenters. The number of carbonyl (C=O) groups excluding carboxylic acids is 1. The number of aliphatic hydroxyl groups is 1. The molecule has 116 valence electrons. The van der Waals surface area contributed by atoms with Gasteiger partial charge in [0, 0.05) is 56.9 Å². The number of rotatable bonds is 4. The number of aliphatic hydroxyl groups excluding tert-OH is 1. The van der Waals surface area contributed by atoms with Crippen LogP contribution in [-0.2, 0) is 35.6 Å². The van der Waals surface area contributed by atoms with Gasteiger partial charge in [-0.1, -0.05) is 0 Å². The summed E-state index contributed by atoms with van der Waals surface area (Å²) in [5.74, 6) is 0.568. The van der Waals surface area contributed by atoms with Gasteiger partial charge in [-0.25, -0.2) is 0 Å². The van der Waals surface area contributed by atoms with Gasteiger partial charge in [0.2, 0.25) is 5.91 Å². The van der Waals surface area contributed by atoms with E-state index < -0.39 is 0 Å². The zero-order chi connectivity index (χ0) is 14.8. The molecule has 3 rings (SSSR count). The highest BCUT2D eigenvalue weighted by Gasteiger charge is 2.28. The van der Waals surface area contributed by atoms with Crippen molar-refractivity contribution in [3.8, 4) is 0 Å². The van der Waals surface area contributed by atoms with Gasteiger partial charge in [-0.15, -0.1) is 0 Å². The third-order valence-corrected chi connectivity index (χ3v) is 4.51. The van der Waals surface area contributed by atoms with Crippen molar-refractivity contribution >= 4 is 5.91 Å². The Hall–Kier alpha value is -1.40. The molecule has 0 radical (unpaired) electrons. The molecule has 0 aliphatic carbocycles. The van der Waals surface area contributed by atoms with Gasteiger partial charge < -0.3 is 14.7 Å². The second-order valence-electron chi connectivity index (χ2n) is 5.84. The Morgan fingerprint density at radius 1 is 1.52 bits per heavy atom. The number of fused-ring (bicyclic) bond motifs is 1. The van der Waals surface area contributed by atoms with Crippen LogP contribution >= 0.6 is 0 Å². The summed E-state index contributed by atoms with van der Waals surface area (Å²) in [5, 5.41) is 13.9. The lowest BCUT2D eigenvalue weighted by atomic mass is 10.0. The molecule has 1 amide bonds. The molecule has 2 aliphatic rings. The fourth-order valence-corrected chi connectivity index (χ4v) is 3.28. The molecule has 2 aliphatic heterocycles. The van der Waals surface area contributed by atoms with Crippen molar-refractivity contribution in [3.63, 3.8) is 0 Å². The van der Waals surface area contributed by atoms with Crippen molar-refractivity contribution in [2.24, 2.45) is 5.92 Å². The van der Waals surface area contributed by atoms with Crippen molar-refractivity contribution in [1.29, 1.82) is 0 Å². The van der Waals surface area contributed by atoms with E-state index in [2.05, 4.69) is 5.10 Å². The fraction of sp³-hybridized carbons (Fsp3) is 0.733. The first-order valence-corrected chi connectivity index (χ1v) is 7.76. The minimum atomic E-state index is -0.0617. The average molecular weight is 293 g/mol. The number of hydrogen-bond donors (Lipinski definition) is 1. The molecule has 1 aromatic heterocycles. The zero-order valence-electron chi connectivity index (χ0n) is 12.5. The van der Waals surface area contributed by atoms with Crippen LogP contribution in [-0.4, -0.2) is 45.5 Å². The van der Waals surface area contributed by atoms with Gasteiger partial charge in [-0.05, 0) is 19.3 Å². The molecule has 1 saturated heterocycles. The third kappa shape index (κ3) is 2.82. The smallest absolute Gasteiger partial charge is 0.223 e.